The van der Waals surface area contributed by atoms with Gasteiger partial charge in [0, 0.05) is 0 Å². The van der Waals surface area contributed by atoms with Crippen LogP contribution in [-0.4, -0.2) is 21.9 Å². The van der Waals surface area contributed by atoms with Crippen molar-refractivity contribution in [3.63, 3.8) is 0 Å². The molecule has 0 bridgehead atoms. The first-order valence-electron chi connectivity index (χ1n) is 4.07. The summed E-state index contributed by atoms with van der Waals surface area (Å²) >= 11 is 0. The summed E-state index contributed by atoms with van der Waals surface area (Å²) in [6, 6.07) is 0. The third-order valence-electron chi connectivity index (χ3n) is 1.84. The quantitative estimate of drug-likeness (QED) is 0.630. The fourth-order valence-corrected chi connectivity index (χ4v) is 0.722. The van der Waals surface area contributed by atoms with Gasteiger partial charge in [-0.25, -0.2) is 0 Å². The van der Waals surface area contributed by atoms with E-state index in [-0.39, 0.29) is 0 Å². The van der Waals surface area contributed by atoms with Crippen LogP contribution in [0.2, 0.25) is 0 Å². The maximum absolute atomic E-state index is 9.51. The fourth-order valence-electron chi connectivity index (χ4n) is 0.722. The molecule has 0 rings (SSSR count). The van der Waals surface area contributed by atoms with E-state index < -0.39 is 11.7 Å². The van der Waals surface area contributed by atoms with Crippen molar-refractivity contribution in [2.45, 2.75) is 38.9 Å². The van der Waals surface area contributed by atoms with Gasteiger partial charge in [-0.1, -0.05) is 17.7 Å². The van der Waals surface area contributed by atoms with Gasteiger partial charge in [-0.2, -0.15) is 0 Å². The zero-order chi connectivity index (χ0) is 9.78. The average Bonchev–Trinajstić information content (AvgIpc) is 2.00. The van der Waals surface area contributed by atoms with Crippen LogP contribution in [0.1, 0.15) is 27.2 Å². The first-order valence-corrected chi connectivity index (χ1v) is 4.07. The Labute approximate surface area is 74.2 Å². The first kappa shape index (κ1) is 11.4. The molecule has 2 nitrogen and oxygen atoms in total. The average molecular weight is 170 g/mol. The Bertz CT molecular complexity index is 176. The van der Waals surface area contributed by atoms with Crippen molar-refractivity contribution < 1.29 is 10.2 Å². The van der Waals surface area contributed by atoms with E-state index in [9.17, 15) is 10.2 Å². The van der Waals surface area contributed by atoms with E-state index in [2.05, 4.69) is 6.58 Å². The van der Waals surface area contributed by atoms with Gasteiger partial charge in [0.1, 0.15) is 5.60 Å². The first-order chi connectivity index (χ1) is 5.40. The van der Waals surface area contributed by atoms with Gasteiger partial charge in [0.15, 0.2) is 0 Å². The van der Waals surface area contributed by atoms with Crippen LogP contribution in [0.4, 0.5) is 0 Å². The lowest BCUT2D eigenvalue weighted by atomic mass is 9.96. The SMILES string of the molecule is C=C[C@@](C)(O)[C@@H](O)CC=C(C)C. The number of aliphatic hydroxyl groups is 2. The molecule has 70 valence electrons. The Morgan fingerprint density at radius 3 is 2.42 bits per heavy atom. The van der Waals surface area contributed by atoms with Gasteiger partial charge in [-0.3, -0.25) is 0 Å². The summed E-state index contributed by atoms with van der Waals surface area (Å²) in [6.07, 6.45) is 2.94. The van der Waals surface area contributed by atoms with Gasteiger partial charge in [0.2, 0.25) is 0 Å². The van der Waals surface area contributed by atoms with E-state index in [1.807, 2.05) is 19.9 Å². The van der Waals surface area contributed by atoms with Crippen LogP contribution in [0.5, 0.6) is 0 Å². The van der Waals surface area contributed by atoms with Gasteiger partial charge < -0.3 is 10.2 Å². The van der Waals surface area contributed by atoms with Gasteiger partial charge >= 0.3 is 0 Å². The highest BCUT2D eigenvalue weighted by Gasteiger charge is 2.25. The van der Waals surface area contributed by atoms with Gasteiger partial charge in [0.25, 0.3) is 0 Å². The van der Waals surface area contributed by atoms with Crippen LogP contribution in [0.15, 0.2) is 24.3 Å². The summed E-state index contributed by atoms with van der Waals surface area (Å²) in [5.41, 5.74) is -0.0553. The number of hydrogen-bond acceptors (Lipinski definition) is 2. The predicted molar refractivity (Wildman–Crippen MR) is 50.9 cm³/mol. The summed E-state index contributed by atoms with van der Waals surface area (Å²) in [7, 11) is 0. The zero-order valence-corrected chi connectivity index (χ0v) is 8.04. The molecule has 0 aliphatic carbocycles. The highest BCUT2D eigenvalue weighted by atomic mass is 16.3. The minimum atomic E-state index is -1.19. The van der Waals surface area contributed by atoms with Gasteiger partial charge in [0.05, 0.1) is 6.10 Å². The lowest BCUT2D eigenvalue weighted by molar-refractivity contribution is -0.0237. The Balaban J connectivity index is 4.12. The van der Waals surface area contributed by atoms with Crippen LogP contribution < -0.4 is 0 Å². The molecule has 0 aliphatic rings. The third kappa shape index (κ3) is 3.69. The summed E-state index contributed by atoms with van der Waals surface area (Å²) < 4.78 is 0. The molecule has 0 radical (unpaired) electrons. The molecular weight excluding hydrogens is 152 g/mol. The van der Waals surface area contributed by atoms with E-state index in [0.29, 0.717) is 6.42 Å². The topological polar surface area (TPSA) is 40.5 Å². The van der Waals surface area contributed by atoms with Crippen molar-refractivity contribution in [2.75, 3.05) is 0 Å². The molecule has 0 fully saturated rings. The molecule has 2 N–H and O–H groups in total. The molecule has 2 heteroatoms. The molecule has 0 unspecified atom stereocenters. The van der Waals surface area contributed by atoms with Crippen LogP contribution in [-0.2, 0) is 0 Å². The van der Waals surface area contributed by atoms with Crippen molar-refractivity contribution in [2.24, 2.45) is 0 Å². The van der Waals surface area contributed by atoms with E-state index in [1.54, 1.807) is 6.92 Å². The van der Waals surface area contributed by atoms with Crippen molar-refractivity contribution in [3.8, 4) is 0 Å². The Kier molecular flexibility index (Phi) is 4.21. The Hall–Kier alpha value is -0.600. The van der Waals surface area contributed by atoms with E-state index >= 15 is 0 Å². The van der Waals surface area contributed by atoms with Crippen LogP contribution in [0, 0.1) is 0 Å². The maximum Gasteiger partial charge on any atom is 0.106 e. The third-order valence-corrected chi connectivity index (χ3v) is 1.84. The monoisotopic (exact) mass is 170 g/mol. The summed E-state index contributed by atoms with van der Waals surface area (Å²) in [5.74, 6) is 0. The number of hydrogen-bond donors (Lipinski definition) is 2. The van der Waals surface area contributed by atoms with Gasteiger partial charge in [-0.15, -0.1) is 6.58 Å². The van der Waals surface area contributed by atoms with Gasteiger partial charge in [-0.05, 0) is 27.2 Å². The number of aliphatic hydroxyl groups excluding tert-OH is 1. The molecule has 0 saturated carbocycles. The van der Waals surface area contributed by atoms with Crippen molar-refractivity contribution in [1.82, 2.24) is 0 Å². The molecule has 0 aromatic carbocycles. The molecule has 0 aromatic heterocycles. The standard InChI is InChI=1S/C10H18O2/c1-5-10(4,12)9(11)7-6-8(2)3/h5-6,9,11-12H,1,7H2,2-4H3/t9-,10+/m0/s1. The molecule has 0 aliphatic heterocycles. The molecule has 0 heterocycles. The van der Waals surface area contributed by atoms with E-state index in [1.165, 1.54) is 6.08 Å². The molecule has 0 amide bonds. The second-order valence-corrected chi connectivity index (χ2v) is 3.46. The van der Waals surface area contributed by atoms with E-state index in [0.717, 1.165) is 5.57 Å². The smallest absolute Gasteiger partial charge is 0.106 e. The second-order valence-electron chi connectivity index (χ2n) is 3.46. The lowest BCUT2D eigenvalue weighted by Crippen LogP contribution is -2.36. The molecular formula is C10H18O2. The van der Waals surface area contributed by atoms with Crippen LogP contribution in [0.3, 0.4) is 0 Å². The van der Waals surface area contributed by atoms with Crippen molar-refractivity contribution >= 4 is 0 Å². The normalized spacial score (nSPS) is 17.8. The Morgan fingerprint density at radius 1 is 1.58 bits per heavy atom. The van der Waals surface area contributed by atoms with Crippen LogP contribution >= 0.6 is 0 Å². The second kappa shape index (κ2) is 4.43. The largest absolute Gasteiger partial charge is 0.389 e. The molecule has 0 spiro atoms. The lowest BCUT2D eigenvalue weighted by Gasteiger charge is -2.24. The molecule has 0 saturated heterocycles. The highest BCUT2D eigenvalue weighted by Crippen LogP contribution is 2.14. The summed E-state index contributed by atoms with van der Waals surface area (Å²) in [4.78, 5) is 0. The van der Waals surface area contributed by atoms with E-state index in [4.69, 9.17) is 0 Å². The minimum absolute atomic E-state index is 0.460. The molecule has 0 aromatic rings. The maximum atomic E-state index is 9.51. The minimum Gasteiger partial charge on any atom is -0.389 e. The zero-order valence-electron chi connectivity index (χ0n) is 8.04. The van der Waals surface area contributed by atoms with Crippen LogP contribution in [0.25, 0.3) is 0 Å². The number of rotatable bonds is 4. The number of allylic oxidation sites excluding steroid dienone is 1. The highest BCUT2D eigenvalue weighted by molar-refractivity contribution is 5.02. The van der Waals surface area contributed by atoms with Crippen molar-refractivity contribution in [3.05, 3.63) is 24.3 Å². The fraction of sp³-hybridized carbons (Fsp3) is 0.600. The summed E-state index contributed by atoms with van der Waals surface area (Å²) in [6.45, 7) is 8.90. The summed E-state index contributed by atoms with van der Waals surface area (Å²) in [5, 5.41) is 19.0. The molecule has 12 heavy (non-hydrogen) atoms. The predicted octanol–water partition coefficient (Wildman–Crippen LogP) is 1.64. The molecule has 2 atom stereocenters. The van der Waals surface area contributed by atoms with Crippen molar-refractivity contribution in [1.29, 1.82) is 0 Å². The Morgan fingerprint density at radius 2 is 2.08 bits per heavy atom.